The molecule has 0 amide bonds. The molecule has 1 aliphatic heterocycles. The number of hydrogen-bond donors (Lipinski definition) is 0. The number of rotatable bonds is 7. The van der Waals surface area contributed by atoms with Gasteiger partial charge in [-0.25, -0.2) is 0 Å². The van der Waals surface area contributed by atoms with E-state index in [1.165, 1.54) is 41.4 Å². The molecule has 2 unspecified atom stereocenters. The predicted octanol–water partition coefficient (Wildman–Crippen LogP) is 5.90. The van der Waals surface area contributed by atoms with E-state index in [4.69, 9.17) is 4.99 Å². The molecule has 0 spiro atoms. The van der Waals surface area contributed by atoms with Gasteiger partial charge in [0.25, 0.3) is 0 Å². The van der Waals surface area contributed by atoms with Crippen molar-refractivity contribution in [3.63, 3.8) is 0 Å². The van der Waals surface area contributed by atoms with Crippen molar-refractivity contribution in [1.29, 1.82) is 0 Å². The van der Waals surface area contributed by atoms with Crippen LogP contribution in [0, 0.1) is 0 Å². The molecule has 0 aliphatic carbocycles. The quantitative estimate of drug-likeness (QED) is 0.408. The molecule has 2 heteroatoms. The van der Waals surface area contributed by atoms with Crippen molar-refractivity contribution in [2.24, 2.45) is 4.99 Å². The Morgan fingerprint density at radius 2 is 1.72 bits per heavy atom. The normalized spacial score (nSPS) is 20.6. The van der Waals surface area contributed by atoms with E-state index in [0.717, 1.165) is 6.42 Å². The first kappa shape index (κ1) is 18.2. The first-order valence-corrected chi connectivity index (χ1v) is 11.2. The molecule has 0 aromatic heterocycles. The standard InChI is InChI=1S/C23H27NSe/c1-2-3-6-15-23-24-21(17-16-19-11-7-4-8-12-19)18-22(25-23)20-13-9-5-10-14-20/h4-5,7-14,16-17,21-22H,2-3,6,15,18H2,1H3/b17-16+. The van der Waals surface area contributed by atoms with E-state index in [9.17, 15) is 0 Å². The molecule has 0 bridgehead atoms. The molecular formula is C23H27NSe. The summed E-state index contributed by atoms with van der Waals surface area (Å²) in [5.74, 6) is 0. The summed E-state index contributed by atoms with van der Waals surface area (Å²) in [5, 5.41) is 0. The SMILES string of the molecule is CCCCCC1=NC(/C=C/c2ccccc2)CC(c2ccccc2)[Se]1. The van der Waals surface area contributed by atoms with E-state index in [2.05, 4.69) is 79.7 Å². The van der Waals surface area contributed by atoms with E-state index in [-0.39, 0.29) is 0 Å². The van der Waals surface area contributed by atoms with Crippen molar-refractivity contribution in [1.82, 2.24) is 0 Å². The van der Waals surface area contributed by atoms with Gasteiger partial charge in [0.2, 0.25) is 0 Å². The van der Waals surface area contributed by atoms with Gasteiger partial charge in [-0.3, -0.25) is 0 Å². The fourth-order valence-corrected chi connectivity index (χ4v) is 6.01. The molecule has 1 aliphatic rings. The van der Waals surface area contributed by atoms with E-state index in [0.29, 0.717) is 25.8 Å². The average molecular weight is 396 g/mol. The van der Waals surface area contributed by atoms with Gasteiger partial charge in [-0.2, -0.15) is 0 Å². The summed E-state index contributed by atoms with van der Waals surface area (Å²) < 4.78 is 1.48. The zero-order chi connectivity index (χ0) is 17.3. The Morgan fingerprint density at radius 3 is 2.44 bits per heavy atom. The summed E-state index contributed by atoms with van der Waals surface area (Å²) >= 11 is 0.492. The molecule has 0 fully saturated rings. The van der Waals surface area contributed by atoms with Crippen LogP contribution in [0.1, 0.15) is 55.0 Å². The Labute approximate surface area is 158 Å². The van der Waals surface area contributed by atoms with Gasteiger partial charge in [-0.15, -0.1) is 0 Å². The van der Waals surface area contributed by atoms with Crippen LogP contribution < -0.4 is 0 Å². The first-order valence-electron chi connectivity index (χ1n) is 9.36. The van der Waals surface area contributed by atoms with Crippen LogP contribution >= 0.6 is 0 Å². The molecule has 25 heavy (non-hydrogen) atoms. The molecule has 1 nitrogen and oxygen atoms in total. The van der Waals surface area contributed by atoms with Crippen LogP contribution in [0.15, 0.2) is 71.7 Å². The number of unbranched alkanes of at least 4 members (excludes halogenated alkanes) is 2. The van der Waals surface area contributed by atoms with Crippen LogP contribution in [-0.2, 0) is 0 Å². The maximum absolute atomic E-state index is 5.10. The van der Waals surface area contributed by atoms with Gasteiger partial charge in [0.1, 0.15) is 0 Å². The summed E-state index contributed by atoms with van der Waals surface area (Å²) in [6, 6.07) is 21.9. The first-order chi connectivity index (χ1) is 12.3. The summed E-state index contributed by atoms with van der Waals surface area (Å²) in [6.07, 6.45) is 10.7. The minimum atomic E-state index is 0.317. The Kier molecular flexibility index (Phi) is 7.09. The minimum absolute atomic E-state index is 0.317. The van der Waals surface area contributed by atoms with Crippen LogP contribution in [0.4, 0.5) is 0 Å². The summed E-state index contributed by atoms with van der Waals surface area (Å²) in [5.41, 5.74) is 2.75. The molecular weight excluding hydrogens is 369 g/mol. The Morgan fingerprint density at radius 1 is 1.00 bits per heavy atom. The van der Waals surface area contributed by atoms with Gasteiger partial charge >= 0.3 is 158 Å². The Hall–Kier alpha value is -1.63. The fraction of sp³-hybridized carbons (Fsp3) is 0.348. The molecule has 0 N–H and O–H groups in total. The molecule has 0 saturated heterocycles. The number of hydrogen-bond acceptors (Lipinski definition) is 1. The van der Waals surface area contributed by atoms with Crippen molar-refractivity contribution < 1.29 is 0 Å². The number of benzene rings is 2. The zero-order valence-corrected chi connectivity index (χ0v) is 16.7. The number of aliphatic imine (C=N–C) groups is 1. The van der Waals surface area contributed by atoms with E-state index in [1.54, 1.807) is 0 Å². The van der Waals surface area contributed by atoms with Crippen molar-refractivity contribution >= 4 is 25.6 Å². The van der Waals surface area contributed by atoms with Crippen LogP contribution in [0.25, 0.3) is 6.08 Å². The molecule has 3 rings (SSSR count). The van der Waals surface area contributed by atoms with Gasteiger partial charge in [0.15, 0.2) is 0 Å². The molecule has 1 heterocycles. The zero-order valence-electron chi connectivity index (χ0n) is 15.0. The van der Waals surface area contributed by atoms with Gasteiger partial charge in [-0.05, 0) is 0 Å². The van der Waals surface area contributed by atoms with Gasteiger partial charge in [0, 0.05) is 0 Å². The molecule has 2 atom stereocenters. The summed E-state index contributed by atoms with van der Waals surface area (Å²) in [4.78, 5) is 5.76. The van der Waals surface area contributed by atoms with E-state index < -0.39 is 0 Å². The van der Waals surface area contributed by atoms with Crippen molar-refractivity contribution in [2.45, 2.75) is 49.9 Å². The van der Waals surface area contributed by atoms with Crippen molar-refractivity contribution in [2.75, 3.05) is 0 Å². The van der Waals surface area contributed by atoms with E-state index in [1.807, 2.05) is 0 Å². The third-order valence-electron chi connectivity index (χ3n) is 4.52. The van der Waals surface area contributed by atoms with Gasteiger partial charge in [-0.1, -0.05) is 0 Å². The Balaban J connectivity index is 1.74. The molecule has 2 aromatic rings. The van der Waals surface area contributed by atoms with Gasteiger partial charge in [0.05, 0.1) is 0 Å². The molecule has 2 aromatic carbocycles. The molecule has 130 valence electrons. The monoisotopic (exact) mass is 397 g/mol. The van der Waals surface area contributed by atoms with Crippen LogP contribution in [0.3, 0.4) is 0 Å². The third-order valence-corrected chi connectivity index (χ3v) is 7.31. The molecule has 0 saturated carbocycles. The maximum atomic E-state index is 5.10. The second kappa shape index (κ2) is 9.75. The van der Waals surface area contributed by atoms with Crippen molar-refractivity contribution in [3.8, 4) is 0 Å². The predicted molar refractivity (Wildman–Crippen MR) is 110 cm³/mol. The Bertz CT molecular complexity index is 691. The topological polar surface area (TPSA) is 12.4 Å². The average Bonchev–Trinajstić information content (AvgIpc) is 2.68. The number of nitrogens with zero attached hydrogens (tertiary/aromatic N) is 1. The van der Waals surface area contributed by atoms with Gasteiger partial charge < -0.3 is 0 Å². The van der Waals surface area contributed by atoms with Crippen LogP contribution in [-0.4, -0.2) is 25.6 Å². The van der Waals surface area contributed by atoms with E-state index >= 15 is 0 Å². The van der Waals surface area contributed by atoms with Crippen molar-refractivity contribution in [3.05, 3.63) is 77.9 Å². The second-order valence-electron chi connectivity index (χ2n) is 6.57. The summed E-state index contributed by atoms with van der Waals surface area (Å²) in [6.45, 7) is 2.27. The molecule has 0 radical (unpaired) electrons. The summed E-state index contributed by atoms with van der Waals surface area (Å²) in [7, 11) is 0. The fourth-order valence-electron chi connectivity index (χ4n) is 3.13. The third kappa shape index (κ3) is 5.70. The van der Waals surface area contributed by atoms with Crippen LogP contribution in [0.2, 0.25) is 0 Å². The second-order valence-corrected chi connectivity index (χ2v) is 9.25. The van der Waals surface area contributed by atoms with Crippen LogP contribution in [0.5, 0.6) is 0 Å².